The second-order valence-electron chi connectivity index (χ2n) is 5.75. The van der Waals surface area contributed by atoms with Gasteiger partial charge in [0.2, 0.25) is 5.78 Å². The number of benzene rings is 2. The van der Waals surface area contributed by atoms with E-state index in [1.54, 1.807) is 51.5 Å². The molecule has 0 aliphatic carbocycles. The van der Waals surface area contributed by atoms with Gasteiger partial charge in [0.05, 0.1) is 19.8 Å². The summed E-state index contributed by atoms with van der Waals surface area (Å²) in [6.07, 6.45) is 1.62. The molecule has 2 aromatic carbocycles. The molecule has 0 spiro atoms. The fraction of sp³-hybridized carbons (Fsp3) is 0.200. The molecule has 1 aliphatic rings. The number of hydrogen-bond acceptors (Lipinski definition) is 6. The number of rotatable bonds is 4. The number of ketones is 1. The van der Waals surface area contributed by atoms with Crippen molar-refractivity contribution in [3.63, 3.8) is 0 Å². The van der Waals surface area contributed by atoms with Crippen molar-refractivity contribution in [2.24, 2.45) is 0 Å². The Bertz CT molecular complexity index is 926. The number of Topliss-reactive ketones (excluding diaryl/α,β-unsaturated/α-hetero) is 1. The second-order valence-corrected chi connectivity index (χ2v) is 5.75. The van der Waals surface area contributed by atoms with Crippen molar-refractivity contribution >= 4 is 17.8 Å². The van der Waals surface area contributed by atoms with E-state index >= 15 is 0 Å². The third-order valence-corrected chi connectivity index (χ3v) is 3.93. The Morgan fingerprint density at radius 1 is 1.08 bits per heavy atom. The number of allylic oxidation sites excluding steroid dienone is 1. The largest absolute Gasteiger partial charge is 0.497 e. The molecular weight excluding hydrogens is 336 g/mol. The molecule has 0 aromatic heterocycles. The van der Waals surface area contributed by atoms with Gasteiger partial charge in [-0.1, -0.05) is 0 Å². The zero-order chi connectivity index (χ0) is 18.8. The molecule has 1 heterocycles. The van der Waals surface area contributed by atoms with Gasteiger partial charge in [-0.05, 0) is 36.8 Å². The summed E-state index contributed by atoms with van der Waals surface area (Å²) < 4.78 is 21.3. The van der Waals surface area contributed by atoms with E-state index in [0.29, 0.717) is 39.7 Å². The van der Waals surface area contributed by atoms with E-state index in [2.05, 4.69) is 0 Å². The van der Waals surface area contributed by atoms with Gasteiger partial charge in [0, 0.05) is 24.6 Å². The maximum atomic E-state index is 12.7. The Balaban J connectivity index is 1.99. The molecule has 0 bridgehead atoms. The van der Waals surface area contributed by atoms with Gasteiger partial charge >= 0.3 is 5.97 Å². The van der Waals surface area contributed by atoms with Crippen LogP contribution in [0.4, 0.5) is 0 Å². The molecule has 6 heteroatoms. The highest BCUT2D eigenvalue weighted by Crippen LogP contribution is 2.38. The zero-order valence-electron chi connectivity index (χ0n) is 14.9. The van der Waals surface area contributed by atoms with Crippen molar-refractivity contribution in [1.29, 1.82) is 0 Å². The summed E-state index contributed by atoms with van der Waals surface area (Å²) in [7, 11) is 3.11. The Labute approximate surface area is 150 Å². The predicted octanol–water partition coefficient (Wildman–Crippen LogP) is 3.55. The van der Waals surface area contributed by atoms with Crippen LogP contribution in [0.1, 0.15) is 28.4 Å². The van der Waals surface area contributed by atoms with Crippen LogP contribution in [0.2, 0.25) is 0 Å². The second kappa shape index (κ2) is 6.92. The van der Waals surface area contributed by atoms with Gasteiger partial charge in [-0.3, -0.25) is 9.59 Å². The Kier molecular flexibility index (Phi) is 4.67. The van der Waals surface area contributed by atoms with Gasteiger partial charge < -0.3 is 18.9 Å². The number of esters is 1. The first-order chi connectivity index (χ1) is 12.4. The predicted molar refractivity (Wildman–Crippen MR) is 95.0 cm³/mol. The highest BCUT2D eigenvalue weighted by atomic mass is 16.5. The molecule has 134 valence electrons. The number of fused-ring (bicyclic) bond motifs is 1. The minimum absolute atomic E-state index is 0.173. The first-order valence-corrected chi connectivity index (χ1v) is 7.92. The standard InChI is InChI=1S/C20H18O6/c1-11-7-15(25-12(2)21)10-17-19(11)20(22)18(26-17)8-13-5-6-14(23-3)9-16(13)24-4/h5-10H,1-4H3/b18-8-. The monoisotopic (exact) mass is 354 g/mol. The smallest absolute Gasteiger partial charge is 0.308 e. The molecule has 0 radical (unpaired) electrons. The van der Waals surface area contributed by atoms with E-state index in [9.17, 15) is 9.59 Å². The minimum atomic E-state index is -0.438. The molecular formula is C20H18O6. The van der Waals surface area contributed by atoms with Crippen molar-refractivity contribution in [3.05, 3.63) is 52.8 Å². The van der Waals surface area contributed by atoms with Crippen LogP contribution in [0.15, 0.2) is 36.1 Å². The Morgan fingerprint density at radius 3 is 2.50 bits per heavy atom. The number of carbonyl (C=O) groups excluding carboxylic acids is 2. The van der Waals surface area contributed by atoms with Crippen molar-refractivity contribution in [2.75, 3.05) is 14.2 Å². The molecule has 6 nitrogen and oxygen atoms in total. The summed E-state index contributed by atoms with van der Waals surface area (Å²) in [6, 6.07) is 8.45. The summed E-state index contributed by atoms with van der Waals surface area (Å²) in [5, 5.41) is 0. The molecule has 0 saturated carbocycles. The topological polar surface area (TPSA) is 71.1 Å². The number of ether oxygens (including phenoxy) is 4. The summed E-state index contributed by atoms with van der Waals surface area (Å²) in [6.45, 7) is 3.08. The molecule has 0 atom stereocenters. The zero-order valence-corrected chi connectivity index (χ0v) is 14.9. The van der Waals surface area contributed by atoms with E-state index in [4.69, 9.17) is 18.9 Å². The van der Waals surface area contributed by atoms with Crippen molar-refractivity contribution in [2.45, 2.75) is 13.8 Å². The molecule has 3 rings (SSSR count). The van der Waals surface area contributed by atoms with E-state index in [-0.39, 0.29) is 11.5 Å². The van der Waals surface area contributed by atoms with E-state index in [1.807, 2.05) is 0 Å². The molecule has 0 N–H and O–H groups in total. The van der Waals surface area contributed by atoms with Crippen LogP contribution in [-0.2, 0) is 4.79 Å². The van der Waals surface area contributed by atoms with Crippen LogP contribution in [-0.4, -0.2) is 26.0 Å². The van der Waals surface area contributed by atoms with E-state index in [0.717, 1.165) is 0 Å². The lowest BCUT2D eigenvalue weighted by Gasteiger charge is -2.08. The average molecular weight is 354 g/mol. The van der Waals surface area contributed by atoms with Crippen LogP contribution in [0.25, 0.3) is 6.08 Å². The summed E-state index contributed by atoms with van der Waals surface area (Å²) in [4.78, 5) is 23.9. The summed E-state index contributed by atoms with van der Waals surface area (Å²) in [5.74, 6) is 1.41. The van der Waals surface area contributed by atoms with E-state index < -0.39 is 5.97 Å². The summed E-state index contributed by atoms with van der Waals surface area (Å²) in [5.41, 5.74) is 1.82. The molecule has 2 aromatic rings. The number of methoxy groups -OCH3 is 2. The minimum Gasteiger partial charge on any atom is -0.497 e. The maximum absolute atomic E-state index is 12.7. The first-order valence-electron chi connectivity index (χ1n) is 7.92. The van der Waals surface area contributed by atoms with E-state index in [1.165, 1.54) is 13.0 Å². The lowest BCUT2D eigenvalue weighted by atomic mass is 10.0. The average Bonchev–Trinajstić information content (AvgIpc) is 2.90. The van der Waals surface area contributed by atoms with Crippen LogP contribution in [0.5, 0.6) is 23.0 Å². The van der Waals surface area contributed by atoms with Crippen molar-refractivity contribution in [1.82, 2.24) is 0 Å². The van der Waals surface area contributed by atoms with Gasteiger partial charge in [-0.2, -0.15) is 0 Å². The van der Waals surface area contributed by atoms with Crippen LogP contribution >= 0.6 is 0 Å². The quantitative estimate of drug-likeness (QED) is 0.475. The molecule has 0 amide bonds. The molecule has 0 unspecified atom stereocenters. The SMILES string of the molecule is COc1ccc(/C=C2\Oc3cc(OC(C)=O)cc(C)c3C2=O)c(OC)c1. The fourth-order valence-electron chi connectivity index (χ4n) is 2.78. The molecule has 0 fully saturated rings. The summed E-state index contributed by atoms with van der Waals surface area (Å²) >= 11 is 0. The molecule has 1 aliphatic heterocycles. The van der Waals surface area contributed by atoms with Gasteiger partial charge in [0.1, 0.15) is 23.0 Å². The lowest BCUT2D eigenvalue weighted by Crippen LogP contribution is -2.02. The van der Waals surface area contributed by atoms with Gasteiger partial charge in [0.15, 0.2) is 5.76 Å². The van der Waals surface area contributed by atoms with Crippen LogP contribution in [0.3, 0.4) is 0 Å². The number of hydrogen-bond donors (Lipinski definition) is 0. The Hall–Kier alpha value is -3.28. The highest BCUT2D eigenvalue weighted by molar-refractivity contribution is 6.15. The van der Waals surface area contributed by atoms with Crippen LogP contribution < -0.4 is 18.9 Å². The van der Waals surface area contributed by atoms with Gasteiger partial charge in [-0.25, -0.2) is 0 Å². The van der Waals surface area contributed by atoms with Gasteiger partial charge in [0.25, 0.3) is 0 Å². The van der Waals surface area contributed by atoms with Crippen molar-refractivity contribution in [3.8, 4) is 23.0 Å². The van der Waals surface area contributed by atoms with Crippen molar-refractivity contribution < 1.29 is 28.5 Å². The number of carbonyl (C=O) groups is 2. The fourth-order valence-corrected chi connectivity index (χ4v) is 2.78. The van der Waals surface area contributed by atoms with Gasteiger partial charge in [-0.15, -0.1) is 0 Å². The van der Waals surface area contributed by atoms with Crippen LogP contribution in [0, 0.1) is 6.92 Å². The third-order valence-electron chi connectivity index (χ3n) is 3.93. The first kappa shape index (κ1) is 17.5. The third kappa shape index (κ3) is 3.26. The Morgan fingerprint density at radius 2 is 1.85 bits per heavy atom. The number of aryl methyl sites for hydroxylation is 1. The highest BCUT2D eigenvalue weighted by Gasteiger charge is 2.30. The normalized spacial score (nSPS) is 14.0. The molecule has 26 heavy (non-hydrogen) atoms. The molecule has 0 saturated heterocycles. The lowest BCUT2D eigenvalue weighted by molar-refractivity contribution is -0.131. The maximum Gasteiger partial charge on any atom is 0.308 e.